The molecule has 11 heteroatoms. The Hall–Kier alpha value is -3.47. The first-order valence-electron chi connectivity index (χ1n) is 10.5. The number of nitrogens with zero attached hydrogens (tertiary/aromatic N) is 2. The monoisotopic (exact) mass is 462 g/mol. The summed E-state index contributed by atoms with van der Waals surface area (Å²) in [6.45, 7) is 0.470. The minimum atomic E-state index is -1.59. The number of carboxylic acid groups (broad SMARTS) is 1. The van der Waals surface area contributed by atoms with E-state index in [1.54, 1.807) is 12.1 Å². The number of alkyl halides is 1. The van der Waals surface area contributed by atoms with Crippen LogP contribution in [0.4, 0.5) is 24.5 Å². The van der Waals surface area contributed by atoms with Crippen LogP contribution in [0.25, 0.3) is 10.9 Å². The largest absolute Gasteiger partial charge is 0.477 e. The van der Waals surface area contributed by atoms with Gasteiger partial charge in [0, 0.05) is 31.6 Å². The smallest absolute Gasteiger partial charge is 0.341 e. The highest BCUT2D eigenvalue weighted by molar-refractivity contribution is 5.99. The van der Waals surface area contributed by atoms with Gasteiger partial charge in [0.2, 0.25) is 5.43 Å². The Bertz CT molecular complexity index is 1320. The number of pyridine rings is 1. The molecule has 3 heterocycles. The molecule has 2 aromatic heterocycles. The fraction of sp³-hybridized carbons (Fsp3) is 0.364. The van der Waals surface area contributed by atoms with E-state index in [1.165, 1.54) is 11.2 Å². The van der Waals surface area contributed by atoms with Gasteiger partial charge in [0.05, 0.1) is 34.9 Å². The summed E-state index contributed by atoms with van der Waals surface area (Å²) in [5.74, 6) is -3.45. The van der Waals surface area contributed by atoms with E-state index in [1.807, 2.05) is 0 Å². The SMILES string of the molecule is Nc1c(F)c(N2CC[C@@H](C(N)c3ccco3)C2)c(F)c2c1c(=O)c(C(=O)O)cn2[C@@H]1C[C@@H]1F. The minimum Gasteiger partial charge on any atom is -0.477 e. The molecule has 0 radical (unpaired) electrons. The molecule has 1 saturated heterocycles. The van der Waals surface area contributed by atoms with E-state index in [2.05, 4.69) is 0 Å². The van der Waals surface area contributed by atoms with E-state index in [4.69, 9.17) is 15.9 Å². The maximum Gasteiger partial charge on any atom is 0.341 e. The topological polar surface area (TPSA) is 128 Å². The Kier molecular flexibility index (Phi) is 4.89. The number of aromatic carboxylic acids is 1. The zero-order chi connectivity index (χ0) is 23.6. The highest BCUT2D eigenvalue weighted by Gasteiger charge is 2.42. The van der Waals surface area contributed by atoms with Gasteiger partial charge in [0.25, 0.3) is 0 Å². The van der Waals surface area contributed by atoms with Crippen molar-refractivity contribution in [2.45, 2.75) is 31.1 Å². The number of hydrogen-bond donors (Lipinski definition) is 3. The zero-order valence-electron chi connectivity index (χ0n) is 17.3. The number of nitrogen functional groups attached to an aromatic ring is 1. The van der Waals surface area contributed by atoms with Crippen LogP contribution in [0.2, 0.25) is 0 Å². The first kappa shape index (κ1) is 21.4. The average Bonchev–Trinajstić information content (AvgIpc) is 3.17. The summed E-state index contributed by atoms with van der Waals surface area (Å²) in [5, 5.41) is 8.77. The zero-order valence-corrected chi connectivity index (χ0v) is 17.3. The number of rotatable bonds is 5. The lowest BCUT2D eigenvalue weighted by Gasteiger charge is -2.24. The molecule has 8 nitrogen and oxygen atoms in total. The molecule has 174 valence electrons. The van der Waals surface area contributed by atoms with Gasteiger partial charge in [-0.3, -0.25) is 4.79 Å². The number of carboxylic acids is 1. The van der Waals surface area contributed by atoms with Gasteiger partial charge in [0.15, 0.2) is 11.6 Å². The molecule has 5 N–H and O–H groups in total. The fourth-order valence-electron chi connectivity index (χ4n) is 4.68. The second-order valence-electron chi connectivity index (χ2n) is 8.55. The normalized spacial score (nSPS) is 23.3. The average molecular weight is 462 g/mol. The number of nitrogens with two attached hydrogens (primary N) is 2. The molecule has 1 unspecified atom stereocenters. The standard InChI is InChI=1S/C22H21F3N4O4/c23-11-6-12(11)29-8-10(22(31)32)21(30)14-18(27)15(24)20(16(25)19(14)29)28-4-3-9(7-28)17(26)13-2-1-5-33-13/h1-2,5,8-9,11-12,17H,3-4,6-7,26-27H2,(H,31,32)/t9-,11+,12-,17?/m1/s1. The molecule has 3 aromatic rings. The first-order chi connectivity index (χ1) is 15.7. The molecule has 1 aliphatic heterocycles. The molecular formula is C22H21F3N4O4. The molecule has 1 aromatic carbocycles. The molecule has 33 heavy (non-hydrogen) atoms. The molecule has 4 atom stereocenters. The fourth-order valence-corrected chi connectivity index (χ4v) is 4.68. The minimum absolute atomic E-state index is 0.0207. The molecule has 0 bridgehead atoms. The second kappa shape index (κ2) is 7.55. The summed E-state index contributed by atoms with van der Waals surface area (Å²) >= 11 is 0. The Labute approximate surface area is 185 Å². The van der Waals surface area contributed by atoms with Crippen molar-refractivity contribution in [3.8, 4) is 0 Å². The number of aromatic nitrogens is 1. The Morgan fingerprint density at radius 2 is 2.03 bits per heavy atom. The van der Waals surface area contributed by atoms with Crippen molar-refractivity contribution in [2.75, 3.05) is 23.7 Å². The molecule has 5 rings (SSSR count). The van der Waals surface area contributed by atoms with E-state index < -0.39 is 69.1 Å². The molecule has 0 amide bonds. The highest BCUT2D eigenvalue weighted by Crippen LogP contribution is 2.44. The number of furan rings is 1. The van der Waals surface area contributed by atoms with Crippen LogP contribution < -0.4 is 21.8 Å². The lowest BCUT2D eigenvalue weighted by Crippen LogP contribution is -2.28. The lowest BCUT2D eigenvalue weighted by atomic mass is 9.98. The highest BCUT2D eigenvalue weighted by atomic mass is 19.1. The third-order valence-corrected chi connectivity index (χ3v) is 6.55. The van der Waals surface area contributed by atoms with Gasteiger partial charge in [-0.2, -0.15) is 0 Å². The van der Waals surface area contributed by atoms with E-state index in [0.29, 0.717) is 12.2 Å². The van der Waals surface area contributed by atoms with Crippen LogP contribution in [0.5, 0.6) is 0 Å². The lowest BCUT2D eigenvalue weighted by molar-refractivity contribution is 0.0694. The van der Waals surface area contributed by atoms with Gasteiger partial charge >= 0.3 is 5.97 Å². The van der Waals surface area contributed by atoms with Crippen molar-refractivity contribution < 1.29 is 27.5 Å². The molecular weight excluding hydrogens is 441 g/mol. The van der Waals surface area contributed by atoms with E-state index in [9.17, 15) is 19.1 Å². The van der Waals surface area contributed by atoms with E-state index in [-0.39, 0.29) is 25.4 Å². The van der Waals surface area contributed by atoms with Crippen LogP contribution in [-0.2, 0) is 0 Å². The predicted octanol–water partition coefficient (Wildman–Crippen LogP) is 2.96. The van der Waals surface area contributed by atoms with Gasteiger partial charge in [-0.05, 0) is 18.6 Å². The van der Waals surface area contributed by atoms with Crippen molar-refractivity contribution >= 4 is 28.2 Å². The predicted molar refractivity (Wildman–Crippen MR) is 114 cm³/mol. The maximum atomic E-state index is 15.8. The number of carbonyl (C=O) groups is 1. The number of hydrogen-bond acceptors (Lipinski definition) is 6. The maximum absolute atomic E-state index is 15.8. The Balaban J connectivity index is 1.65. The first-order valence-corrected chi connectivity index (χ1v) is 10.5. The third-order valence-electron chi connectivity index (χ3n) is 6.55. The summed E-state index contributed by atoms with van der Waals surface area (Å²) in [5.41, 5.74) is 8.81. The quantitative estimate of drug-likeness (QED) is 0.498. The van der Waals surface area contributed by atoms with Crippen LogP contribution in [0.1, 0.15) is 41.0 Å². The van der Waals surface area contributed by atoms with Crippen LogP contribution in [-0.4, -0.2) is 34.9 Å². The van der Waals surface area contributed by atoms with Crippen molar-refractivity contribution in [2.24, 2.45) is 11.7 Å². The molecule has 2 fully saturated rings. The number of benzene rings is 1. The summed E-state index contributed by atoms with van der Waals surface area (Å²) in [7, 11) is 0. The van der Waals surface area contributed by atoms with Gasteiger partial charge in [-0.25, -0.2) is 18.0 Å². The van der Waals surface area contributed by atoms with Crippen molar-refractivity contribution in [1.29, 1.82) is 0 Å². The molecule has 1 aliphatic carbocycles. The van der Waals surface area contributed by atoms with Crippen LogP contribution >= 0.6 is 0 Å². The van der Waals surface area contributed by atoms with E-state index in [0.717, 1.165) is 10.8 Å². The number of fused-ring (bicyclic) bond motifs is 1. The summed E-state index contributed by atoms with van der Waals surface area (Å²) in [4.78, 5) is 25.7. The van der Waals surface area contributed by atoms with Gasteiger partial charge in [0.1, 0.15) is 23.2 Å². The van der Waals surface area contributed by atoms with Crippen molar-refractivity contribution in [3.63, 3.8) is 0 Å². The van der Waals surface area contributed by atoms with Crippen LogP contribution in [0.15, 0.2) is 33.8 Å². The molecule has 1 saturated carbocycles. The summed E-state index contributed by atoms with van der Waals surface area (Å²) < 4.78 is 51.5. The number of anilines is 2. The van der Waals surface area contributed by atoms with Crippen LogP contribution in [0, 0.1) is 17.6 Å². The Morgan fingerprint density at radius 3 is 2.64 bits per heavy atom. The Morgan fingerprint density at radius 1 is 1.30 bits per heavy atom. The second-order valence-corrected chi connectivity index (χ2v) is 8.55. The van der Waals surface area contributed by atoms with Gasteiger partial charge in [-0.15, -0.1) is 0 Å². The van der Waals surface area contributed by atoms with Crippen LogP contribution in [0.3, 0.4) is 0 Å². The summed E-state index contributed by atoms with van der Waals surface area (Å²) in [6, 6.07) is 2.08. The van der Waals surface area contributed by atoms with Gasteiger partial charge < -0.3 is 30.5 Å². The summed E-state index contributed by atoms with van der Waals surface area (Å²) in [6.07, 6.45) is 1.60. The molecule has 2 aliphatic rings. The third kappa shape index (κ3) is 3.26. The number of halogens is 3. The van der Waals surface area contributed by atoms with Crippen molar-refractivity contribution in [3.05, 3.63) is 57.8 Å². The van der Waals surface area contributed by atoms with Crippen molar-refractivity contribution in [1.82, 2.24) is 4.57 Å². The van der Waals surface area contributed by atoms with E-state index >= 15 is 8.78 Å². The van der Waals surface area contributed by atoms with Gasteiger partial charge in [-0.1, -0.05) is 0 Å². The molecule has 0 spiro atoms.